The SMILES string of the molecule is Nc1cc(C(F)(F)F)c(S)cc1S(N)(=O)=O. The third-order valence-corrected chi connectivity index (χ3v) is 3.08. The Balaban J connectivity index is 3.52. The third-order valence-electron chi connectivity index (χ3n) is 1.74. The van der Waals surface area contributed by atoms with E-state index < -0.39 is 37.2 Å². The average molecular weight is 272 g/mol. The van der Waals surface area contributed by atoms with Gasteiger partial charge in [0.25, 0.3) is 0 Å². The topological polar surface area (TPSA) is 86.2 Å². The van der Waals surface area contributed by atoms with Crippen LogP contribution in [0.2, 0.25) is 0 Å². The molecule has 0 spiro atoms. The van der Waals surface area contributed by atoms with Gasteiger partial charge in [0.15, 0.2) is 0 Å². The summed E-state index contributed by atoms with van der Waals surface area (Å²) in [6, 6.07) is 1.17. The lowest BCUT2D eigenvalue weighted by molar-refractivity contribution is -0.139. The van der Waals surface area contributed by atoms with Crippen LogP contribution in [0.3, 0.4) is 0 Å². The lowest BCUT2D eigenvalue weighted by Crippen LogP contribution is -2.16. The Labute approximate surface area is 94.9 Å². The van der Waals surface area contributed by atoms with Gasteiger partial charge in [-0.3, -0.25) is 0 Å². The fraction of sp³-hybridized carbons (Fsp3) is 0.143. The van der Waals surface area contributed by atoms with Crippen LogP contribution in [0, 0.1) is 0 Å². The van der Waals surface area contributed by atoms with Gasteiger partial charge in [-0.2, -0.15) is 13.2 Å². The molecule has 0 heterocycles. The molecule has 0 amide bonds. The predicted octanol–water partition coefficient (Wildman–Crippen LogP) is 1.22. The van der Waals surface area contributed by atoms with Gasteiger partial charge in [-0.25, -0.2) is 13.6 Å². The van der Waals surface area contributed by atoms with Gasteiger partial charge >= 0.3 is 6.18 Å². The Morgan fingerprint density at radius 2 is 1.75 bits per heavy atom. The number of hydrogen-bond donors (Lipinski definition) is 3. The van der Waals surface area contributed by atoms with Gasteiger partial charge in [0.2, 0.25) is 10.0 Å². The van der Waals surface area contributed by atoms with Gasteiger partial charge < -0.3 is 5.73 Å². The fourth-order valence-corrected chi connectivity index (χ4v) is 2.14. The summed E-state index contributed by atoms with van der Waals surface area (Å²) in [4.78, 5) is -1.13. The van der Waals surface area contributed by atoms with E-state index in [2.05, 4.69) is 12.6 Å². The number of thiol groups is 1. The monoisotopic (exact) mass is 272 g/mol. The number of nitrogens with two attached hydrogens (primary N) is 2. The molecule has 1 rings (SSSR count). The van der Waals surface area contributed by atoms with E-state index >= 15 is 0 Å². The van der Waals surface area contributed by atoms with Crippen molar-refractivity contribution in [3.8, 4) is 0 Å². The number of hydrogen-bond acceptors (Lipinski definition) is 4. The predicted molar refractivity (Wildman–Crippen MR) is 54.5 cm³/mol. The first-order chi connectivity index (χ1) is 7.03. The molecule has 0 bridgehead atoms. The third kappa shape index (κ3) is 2.60. The maximum atomic E-state index is 12.4. The van der Waals surface area contributed by atoms with Crippen LogP contribution in [0.4, 0.5) is 18.9 Å². The van der Waals surface area contributed by atoms with E-state index in [4.69, 9.17) is 10.9 Å². The zero-order chi connectivity index (χ0) is 12.7. The number of benzene rings is 1. The molecule has 0 aliphatic rings. The molecule has 1 aromatic carbocycles. The summed E-state index contributed by atoms with van der Waals surface area (Å²) >= 11 is 3.54. The highest BCUT2D eigenvalue weighted by Gasteiger charge is 2.34. The highest BCUT2D eigenvalue weighted by Crippen LogP contribution is 2.36. The molecule has 90 valence electrons. The molecule has 1 aromatic rings. The van der Waals surface area contributed by atoms with E-state index in [9.17, 15) is 21.6 Å². The number of halogens is 3. The number of alkyl halides is 3. The molecular weight excluding hydrogens is 265 g/mol. The van der Waals surface area contributed by atoms with Crippen LogP contribution in [0.15, 0.2) is 21.9 Å². The number of sulfonamides is 1. The summed E-state index contributed by atoms with van der Waals surface area (Å²) in [5, 5.41) is 4.76. The summed E-state index contributed by atoms with van der Waals surface area (Å²) < 4.78 is 59.0. The smallest absolute Gasteiger partial charge is 0.398 e. The van der Waals surface area contributed by atoms with E-state index in [1.807, 2.05) is 0 Å². The Hall–Kier alpha value is -0.930. The maximum absolute atomic E-state index is 12.4. The van der Waals surface area contributed by atoms with Gasteiger partial charge in [0, 0.05) is 4.90 Å². The maximum Gasteiger partial charge on any atom is 0.417 e. The van der Waals surface area contributed by atoms with Crippen LogP contribution in [0.25, 0.3) is 0 Å². The molecule has 9 heteroatoms. The quantitative estimate of drug-likeness (QED) is 0.531. The first-order valence-electron chi connectivity index (χ1n) is 3.76. The van der Waals surface area contributed by atoms with Crippen molar-refractivity contribution in [2.45, 2.75) is 16.0 Å². The summed E-state index contributed by atoms with van der Waals surface area (Å²) in [5.74, 6) is 0. The molecule has 0 atom stereocenters. The largest absolute Gasteiger partial charge is 0.417 e. The van der Waals surface area contributed by atoms with Crippen molar-refractivity contribution in [3.63, 3.8) is 0 Å². The molecule has 0 fully saturated rings. The normalized spacial score (nSPS) is 12.8. The zero-order valence-corrected chi connectivity index (χ0v) is 9.33. The second kappa shape index (κ2) is 3.82. The molecular formula is C7H7F3N2O2S2. The van der Waals surface area contributed by atoms with Gasteiger partial charge in [0.05, 0.1) is 11.3 Å². The van der Waals surface area contributed by atoms with Crippen molar-refractivity contribution < 1.29 is 21.6 Å². The molecule has 0 saturated carbocycles. The lowest BCUT2D eigenvalue weighted by Gasteiger charge is -2.12. The van der Waals surface area contributed by atoms with Crippen molar-refractivity contribution in [2.24, 2.45) is 5.14 Å². The second-order valence-electron chi connectivity index (χ2n) is 2.95. The van der Waals surface area contributed by atoms with E-state index in [1.165, 1.54) is 0 Å². The minimum atomic E-state index is -4.65. The summed E-state index contributed by atoms with van der Waals surface area (Å²) in [5.41, 5.74) is 3.51. The van der Waals surface area contributed by atoms with Crippen LogP contribution in [-0.4, -0.2) is 8.42 Å². The first-order valence-corrected chi connectivity index (χ1v) is 5.75. The Morgan fingerprint density at radius 1 is 1.25 bits per heavy atom. The van der Waals surface area contributed by atoms with Gasteiger partial charge in [-0.1, -0.05) is 0 Å². The van der Waals surface area contributed by atoms with Crippen molar-refractivity contribution in [1.82, 2.24) is 0 Å². The summed E-state index contributed by atoms with van der Waals surface area (Å²) in [6.45, 7) is 0. The molecule has 4 nitrogen and oxygen atoms in total. The number of primary sulfonamides is 1. The molecule has 0 aliphatic heterocycles. The molecule has 0 aromatic heterocycles. The fourth-order valence-electron chi connectivity index (χ4n) is 1.06. The standard InChI is InChI=1S/C7H7F3N2O2S2/c8-7(9,10)3-1-4(11)6(2-5(3)15)16(12,13)14/h1-2,15H,11H2,(H2,12,13,14). The molecule has 0 aliphatic carbocycles. The van der Waals surface area contributed by atoms with Crippen molar-refractivity contribution >= 4 is 28.3 Å². The number of nitrogen functional groups attached to an aromatic ring is 1. The van der Waals surface area contributed by atoms with Crippen LogP contribution < -0.4 is 10.9 Å². The summed E-state index contributed by atoms with van der Waals surface area (Å²) in [7, 11) is -4.16. The van der Waals surface area contributed by atoms with E-state index in [0.29, 0.717) is 12.1 Å². The van der Waals surface area contributed by atoms with E-state index in [0.717, 1.165) is 0 Å². The highest BCUT2D eigenvalue weighted by molar-refractivity contribution is 7.89. The second-order valence-corrected chi connectivity index (χ2v) is 4.96. The zero-order valence-electron chi connectivity index (χ0n) is 7.62. The number of rotatable bonds is 1. The van der Waals surface area contributed by atoms with E-state index in [-0.39, 0.29) is 0 Å². The van der Waals surface area contributed by atoms with Crippen molar-refractivity contribution in [2.75, 3.05) is 5.73 Å². The van der Waals surface area contributed by atoms with Crippen LogP contribution in [-0.2, 0) is 16.2 Å². The van der Waals surface area contributed by atoms with Gasteiger partial charge in [0.1, 0.15) is 4.90 Å². The lowest BCUT2D eigenvalue weighted by atomic mass is 10.2. The number of anilines is 1. The molecule has 16 heavy (non-hydrogen) atoms. The highest BCUT2D eigenvalue weighted by atomic mass is 32.2. The van der Waals surface area contributed by atoms with Gasteiger partial charge in [-0.05, 0) is 12.1 Å². The van der Waals surface area contributed by atoms with Gasteiger partial charge in [-0.15, -0.1) is 12.6 Å². The first kappa shape index (κ1) is 13.1. The molecule has 0 radical (unpaired) electrons. The van der Waals surface area contributed by atoms with Crippen molar-refractivity contribution in [1.29, 1.82) is 0 Å². The van der Waals surface area contributed by atoms with Crippen LogP contribution in [0.1, 0.15) is 5.56 Å². The Bertz CT molecular complexity index is 525. The van der Waals surface area contributed by atoms with Crippen LogP contribution in [0.5, 0.6) is 0 Å². The molecule has 0 saturated heterocycles. The minimum Gasteiger partial charge on any atom is -0.398 e. The molecule has 4 N–H and O–H groups in total. The van der Waals surface area contributed by atoms with Crippen molar-refractivity contribution in [3.05, 3.63) is 17.7 Å². The van der Waals surface area contributed by atoms with E-state index in [1.54, 1.807) is 0 Å². The molecule has 0 unspecified atom stereocenters. The van der Waals surface area contributed by atoms with Crippen LogP contribution >= 0.6 is 12.6 Å². The summed E-state index contributed by atoms with van der Waals surface area (Å²) in [6.07, 6.45) is -4.65. The Morgan fingerprint density at radius 3 is 2.12 bits per heavy atom. The average Bonchev–Trinajstić information content (AvgIpc) is 2.04. The Kier molecular flexibility index (Phi) is 3.14. The minimum absolute atomic E-state index is 0.488.